The van der Waals surface area contributed by atoms with Crippen LogP contribution < -0.4 is 5.32 Å². The number of hydrogen-bond acceptors (Lipinski definition) is 3. The lowest BCUT2D eigenvalue weighted by atomic mass is 10.0. The Kier molecular flexibility index (Phi) is 5.13. The highest BCUT2D eigenvalue weighted by atomic mass is 19.1. The van der Waals surface area contributed by atoms with Gasteiger partial charge in [0, 0.05) is 31.2 Å². The Hall–Kier alpha value is -0.970. The molecule has 1 aliphatic heterocycles. The fourth-order valence-corrected chi connectivity index (χ4v) is 2.55. The molecule has 0 bridgehead atoms. The second-order valence-electron chi connectivity index (χ2n) is 6.07. The number of nitrogens with one attached hydrogen (secondary N) is 1. The van der Waals surface area contributed by atoms with Gasteiger partial charge in [-0.15, -0.1) is 0 Å². The molecule has 20 heavy (non-hydrogen) atoms. The van der Waals surface area contributed by atoms with E-state index in [2.05, 4.69) is 31.0 Å². The second-order valence-corrected chi connectivity index (χ2v) is 6.07. The van der Waals surface area contributed by atoms with E-state index in [9.17, 15) is 4.39 Å². The Bertz CT molecular complexity index is 413. The predicted molar refractivity (Wildman–Crippen MR) is 79.3 cm³/mol. The number of morpholine rings is 1. The van der Waals surface area contributed by atoms with Gasteiger partial charge in [-0.05, 0) is 38.5 Å². The van der Waals surface area contributed by atoms with E-state index in [1.165, 1.54) is 12.1 Å². The molecule has 0 spiro atoms. The number of rotatable bonds is 5. The van der Waals surface area contributed by atoms with Crippen molar-refractivity contribution in [2.75, 3.05) is 32.8 Å². The lowest BCUT2D eigenvalue weighted by Crippen LogP contribution is -2.54. The molecular formula is C16H25FN2O. The maximum absolute atomic E-state index is 12.9. The van der Waals surface area contributed by atoms with E-state index in [4.69, 9.17) is 4.74 Å². The van der Waals surface area contributed by atoms with Crippen LogP contribution in [0.3, 0.4) is 0 Å². The lowest BCUT2D eigenvalue weighted by molar-refractivity contribution is -0.0102. The van der Waals surface area contributed by atoms with Gasteiger partial charge in [0.25, 0.3) is 0 Å². The summed E-state index contributed by atoms with van der Waals surface area (Å²) in [5.74, 6) is -0.186. The van der Waals surface area contributed by atoms with Crippen molar-refractivity contribution in [1.82, 2.24) is 10.2 Å². The van der Waals surface area contributed by atoms with Crippen molar-refractivity contribution in [3.63, 3.8) is 0 Å². The molecule has 1 aromatic carbocycles. The molecule has 4 heteroatoms. The van der Waals surface area contributed by atoms with Crippen LogP contribution in [-0.2, 0) is 4.74 Å². The highest BCUT2D eigenvalue weighted by molar-refractivity contribution is 5.19. The first-order chi connectivity index (χ1) is 9.49. The SMILES string of the molecule is CC(NCC(C)(C)N1CCOCC1)c1ccc(F)cc1. The van der Waals surface area contributed by atoms with Gasteiger partial charge in [-0.2, -0.15) is 0 Å². The minimum absolute atomic E-state index is 0.0953. The van der Waals surface area contributed by atoms with Gasteiger partial charge in [0.05, 0.1) is 13.2 Å². The zero-order valence-electron chi connectivity index (χ0n) is 12.7. The first-order valence-corrected chi connectivity index (χ1v) is 7.31. The van der Waals surface area contributed by atoms with Crippen molar-refractivity contribution in [2.45, 2.75) is 32.4 Å². The van der Waals surface area contributed by atoms with E-state index in [0.29, 0.717) is 0 Å². The molecule has 3 nitrogen and oxygen atoms in total. The maximum Gasteiger partial charge on any atom is 0.123 e. The Balaban J connectivity index is 1.88. The molecule has 0 amide bonds. The summed E-state index contributed by atoms with van der Waals surface area (Å²) in [5, 5.41) is 3.55. The third-order valence-corrected chi connectivity index (χ3v) is 4.08. The first kappa shape index (κ1) is 15.4. The van der Waals surface area contributed by atoms with Crippen molar-refractivity contribution < 1.29 is 9.13 Å². The fraction of sp³-hybridized carbons (Fsp3) is 0.625. The van der Waals surface area contributed by atoms with Crippen LogP contribution in [0, 0.1) is 5.82 Å². The number of benzene rings is 1. The second kappa shape index (κ2) is 6.66. The van der Waals surface area contributed by atoms with Crippen molar-refractivity contribution in [1.29, 1.82) is 0 Å². The average Bonchev–Trinajstić information content (AvgIpc) is 2.46. The molecule has 1 N–H and O–H groups in total. The molecule has 1 aliphatic rings. The van der Waals surface area contributed by atoms with Gasteiger partial charge in [0.2, 0.25) is 0 Å². The van der Waals surface area contributed by atoms with E-state index in [1.807, 2.05) is 12.1 Å². The molecule has 1 saturated heterocycles. The van der Waals surface area contributed by atoms with Crippen LogP contribution in [-0.4, -0.2) is 43.3 Å². The highest BCUT2D eigenvalue weighted by Gasteiger charge is 2.28. The van der Waals surface area contributed by atoms with Crippen molar-refractivity contribution in [3.8, 4) is 0 Å². The summed E-state index contributed by atoms with van der Waals surface area (Å²) in [7, 11) is 0. The van der Waals surface area contributed by atoms with Gasteiger partial charge in [-0.3, -0.25) is 4.90 Å². The van der Waals surface area contributed by atoms with E-state index < -0.39 is 0 Å². The maximum atomic E-state index is 12.9. The van der Waals surface area contributed by atoms with Crippen molar-refractivity contribution >= 4 is 0 Å². The minimum atomic E-state index is -0.186. The molecule has 1 unspecified atom stereocenters. The van der Waals surface area contributed by atoms with E-state index in [-0.39, 0.29) is 17.4 Å². The largest absolute Gasteiger partial charge is 0.379 e. The van der Waals surface area contributed by atoms with Crippen LogP contribution in [0.2, 0.25) is 0 Å². The van der Waals surface area contributed by atoms with Gasteiger partial charge in [0.1, 0.15) is 5.82 Å². The van der Waals surface area contributed by atoms with Gasteiger partial charge in [0.15, 0.2) is 0 Å². The molecule has 1 aromatic rings. The predicted octanol–water partition coefficient (Wildman–Crippen LogP) is 2.59. The molecular weight excluding hydrogens is 255 g/mol. The number of nitrogens with zero attached hydrogens (tertiary/aromatic N) is 1. The smallest absolute Gasteiger partial charge is 0.123 e. The number of ether oxygens (including phenoxy) is 1. The number of halogens is 1. The summed E-state index contributed by atoms with van der Waals surface area (Å²) in [5.41, 5.74) is 1.21. The zero-order valence-corrected chi connectivity index (χ0v) is 12.7. The van der Waals surface area contributed by atoms with Crippen LogP contribution in [0.4, 0.5) is 4.39 Å². The van der Waals surface area contributed by atoms with Gasteiger partial charge >= 0.3 is 0 Å². The monoisotopic (exact) mass is 280 g/mol. The standard InChI is InChI=1S/C16H25FN2O/c1-13(14-4-6-15(17)7-5-14)18-12-16(2,3)19-8-10-20-11-9-19/h4-7,13,18H,8-12H2,1-3H3. The van der Waals surface area contributed by atoms with Crippen LogP contribution in [0.15, 0.2) is 24.3 Å². The zero-order chi connectivity index (χ0) is 14.6. The Morgan fingerprint density at radius 3 is 2.45 bits per heavy atom. The van der Waals surface area contributed by atoms with E-state index in [0.717, 1.165) is 38.4 Å². The Morgan fingerprint density at radius 1 is 1.25 bits per heavy atom. The Labute approximate surface area is 121 Å². The summed E-state index contributed by atoms with van der Waals surface area (Å²) in [6, 6.07) is 6.93. The molecule has 0 aliphatic carbocycles. The van der Waals surface area contributed by atoms with Gasteiger partial charge in [-0.1, -0.05) is 12.1 Å². The van der Waals surface area contributed by atoms with E-state index in [1.54, 1.807) is 0 Å². The number of hydrogen-bond donors (Lipinski definition) is 1. The van der Waals surface area contributed by atoms with Crippen LogP contribution >= 0.6 is 0 Å². The van der Waals surface area contributed by atoms with Crippen LogP contribution in [0.5, 0.6) is 0 Å². The minimum Gasteiger partial charge on any atom is -0.379 e. The summed E-state index contributed by atoms with van der Waals surface area (Å²) >= 11 is 0. The molecule has 1 fully saturated rings. The topological polar surface area (TPSA) is 24.5 Å². The molecule has 0 radical (unpaired) electrons. The Morgan fingerprint density at radius 2 is 1.85 bits per heavy atom. The summed E-state index contributed by atoms with van der Waals surface area (Å²) in [6.07, 6.45) is 0. The van der Waals surface area contributed by atoms with Crippen molar-refractivity contribution in [2.24, 2.45) is 0 Å². The molecule has 1 heterocycles. The van der Waals surface area contributed by atoms with Crippen LogP contribution in [0.25, 0.3) is 0 Å². The first-order valence-electron chi connectivity index (χ1n) is 7.31. The molecule has 1 atom stereocenters. The molecule has 2 rings (SSSR count). The van der Waals surface area contributed by atoms with Gasteiger partial charge in [-0.25, -0.2) is 4.39 Å². The third kappa shape index (κ3) is 4.01. The molecule has 0 saturated carbocycles. The average molecular weight is 280 g/mol. The molecule has 112 valence electrons. The summed E-state index contributed by atoms with van der Waals surface area (Å²) in [4.78, 5) is 2.46. The van der Waals surface area contributed by atoms with Gasteiger partial charge < -0.3 is 10.1 Å². The third-order valence-electron chi connectivity index (χ3n) is 4.08. The fourth-order valence-electron chi connectivity index (χ4n) is 2.55. The summed E-state index contributed by atoms with van der Waals surface area (Å²) in [6.45, 7) is 11.1. The quantitative estimate of drug-likeness (QED) is 0.897. The lowest BCUT2D eigenvalue weighted by Gasteiger charge is -2.41. The summed E-state index contributed by atoms with van der Waals surface area (Å²) < 4.78 is 18.3. The van der Waals surface area contributed by atoms with Crippen molar-refractivity contribution in [3.05, 3.63) is 35.6 Å². The molecule has 0 aromatic heterocycles. The normalized spacial score (nSPS) is 19.0. The van der Waals surface area contributed by atoms with Crippen LogP contribution in [0.1, 0.15) is 32.4 Å². The highest BCUT2D eigenvalue weighted by Crippen LogP contribution is 2.18. The van der Waals surface area contributed by atoms with E-state index >= 15 is 0 Å².